The molecule has 1 heterocycles. The van der Waals surface area contributed by atoms with E-state index in [0.29, 0.717) is 0 Å². The highest BCUT2D eigenvalue weighted by Crippen LogP contribution is 2.27. The summed E-state index contributed by atoms with van der Waals surface area (Å²) in [5, 5.41) is 14.9. The normalized spacial score (nSPS) is 12.6. The highest BCUT2D eigenvalue weighted by molar-refractivity contribution is 7.80. The van der Waals surface area contributed by atoms with Crippen molar-refractivity contribution < 1.29 is 5.11 Å². The lowest BCUT2D eigenvalue weighted by Gasteiger charge is -2.07. The molecule has 3 nitrogen and oxygen atoms in total. The number of rotatable bonds is 4. The minimum Gasteiger partial charge on any atom is -0.493 e. The van der Waals surface area contributed by atoms with Crippen molar-refractivity contribution in [1.82, 2.24) is 9.78 Å². The van der Waals surface area contributed by atoms with Crippen LogP contribution in [-0.4, -0.2) is 20.1 Å². The third kappa shape index (κ3) is 2.53. The maximum absolute atomic E-state index is 10.3. The minimum atomic E-state index is 0.228. The smallest absolute Gasteiger partial charge is 0.217 e. The first-order valence-corrected chi connectivity index (χ1v) is 6.66. The molecule has 0 radical (unpaired) electrons. The number of aromatic nitrogens is 2. The zero-order valence-corrected chi connectivity index (χ0v) is 11.6. The van der Waals surface area contributed by atoms with Gasteiger partial charge in [-0.25, -0.2) is 4.68 Å². The summed E-state index contributed by atoms with van der Waals surface area (Å²) < 4.78 is 1.58. The number of aromatic hydroxyl groups is 1. The summed E-state index contributed by atoms with van der Waals surface area (Å²) in [4.78, 5) is 0. The molecule has 0 bridgehead atoms. The number of benzene rings is 1. The molecule has 1 atom stereocenters. The second-order valence-corrected chi connectivity index (χ2v) is 5.13. The Morgan fingerprint density at radius 2 is 2.00 bits per heavy atom. The summed E-state index contributed by atoms with van der Waals surface area (Å²) >= 11 is 4.48. The Labute approximate surface area is 113 Å². The van der Waals surface area contributed by atoms with Gasteiger partial charge >= 0.3 is 0 Å². The van der Waals surface area contributed by atoms with Crippen LogP contribution in [-0.2, 0) is 6.42 Å². The molecule has 2 aromatic rings. The Hall–Kier alpha value is -1.42. The van der Waals surface area contributed by atoms with Crippen LogP contribution in [0.5, 0.6) is 5.88 Å². The van der Waals surface area contributed by atoms with E-state index in [0.717, 1.165) is 29.8 Å². The molecule has 0 amide bonds. The molecular formula is C14H18N2OS. The fourth-order valence-electron chi connectivity index (χ4n) is 1.92. The molecule has 2 rings (SSSR count). The summed E-state index contributed by atoms with van der Waals surface area (Å²) in [5.41, 5.74) is 2.63. The number of thiol groups is 1. The molecule has 1 aromatic carbocycles. The zero-order valence-electron chi connectivity index (χ0n) is 10.7. The average molecular weight is 262 g/mol. The van der Waals surface area contributed by atoms with E-state index in [1.165, 1.54) is 0 Å². The van der Waals surface area contributed by atoms with Gasteiger partial charge in [-0.2, -0.15) is 17.7 Å². The SMILES string of the molecule is CCC(S)Cc1c(C)nn(-c2ccccc2)c1O. The second-order valence-electron chi connectivity index (χ2n) is 4.40. The first-order valence-electron chi connectivity index (χ1n) is 6.14. The van der Waals surface area contributed by atoms with Crippen molar-refractivity contribution in [3.05, 3.63) is 41.6 Å². The Kier molecular flexibility index (Phi) is 3.97. The number of para-hydroxylation sites is 1. The van der Waals surface area contributed by atoms with E-state index in [-0.39, 0.29) is 11.1 Å². The van der Waals surface area contributed by atoms with Gasteiger partial charge in [0.05, 0.1) is 11.4 Å². The lowest BCUT2D eigenvalue weighted by Crippen LogP contribution is -2.02. The zero-order chi connectivity index (χ0) is 13.1. The quantitative estimate of drug-likeness (QED) is 0.831. The number of aryl methyl sites for hydroxylation is 1. The van der Waals surface area contributed by atoms with Gasteiger partial charge in [0.15, 0.2) is 0 Å². The maximum atomic E-state index is 10.3. The molecule has 0 saturated heterocycles. The third-order valence-electron chi connectivity index (χ3n) is 3.07. The average Bonchev–Trinajstić information content (AvgIpc) is 2.67. The molecule has 96 valence electrons. The summed E-state index contributed by atoms with van der Waals surface area (Å²) in [7, 11) is 0. The Balaban J connectivity index is 2.38. The van der Waals surface area contributed by atoms with Crippen molar-refractivity contribution in [3.63, 3.8) is 0 Å². The van der Waals surface area contributed by atoms with Gasteiger partial charge in [-0.1, -0.05) is 25.1 Å². The Morgan fingerprint density at radius 3 is 2.61 bits per heavy atom. The molecule has 1 aromatic heterocycles. The molecule has 1 N–H and O–H groups in total. The predicted octanol–water partition coefficient (Wildman–Crippen LogP) is 3.14. The lowest BCUT2D eigenvalue weighted by molar-refractivity contribution is 0.427. The fourth-order valence-corrected chi connectivity index (χ4v) is 2.10. The fraction of sp³-hybridized carbons (Fsp3) is 0.357. The van der Waals surface area contributed by atoms with E-state index in [1.807, 2.05) is 37.3 Å². The topological polar surface area (TPSA) is 38.0 Å². The summed E-state index contributed by atoms with van der Waals surface area (Å²) in [6.45, 7) is 4.01. The van der Waals surface area contributed by atoms with E-state index >= 15 is 0 Å². The van der Waals surface area contributed by atoms with Crippen LogP contribution >= 0.6 is 12.6 Å². The van der Waals surface area contributed by atoms with Crippen LogP contribution in [0.25, 0.3) is 5.69 Å². The van der Waals surface area contributed by atoms with Crippen LogP contribution in [0, 0.1) is 6.92 Å². The molecule has 0 aliphatic heterocycles. The Morgan fingerprint density at radius 1 is 1.33 bits per heavy atom. The molecule has 0 aliphatic carbocycles. The van der Waals surface area contributed by atoms with Gasteiger partial charge < -0.3 is 5.11 Å². The summed E-state index contributed by atoms with van der Waals surface area (Å²) in [6.07, 6.45) is 1.71. The van der Waals surface area contributed by atoms with E-state index < -0.39 is 0 Å². The third-order valence-corrected chi connectivity index (χ3v) is 3.62. The van der Waals surface area contributed by atoms with Gasteiger partial charge in [-0.3, -0.25) is 0 Å². The van der Waals surface area contributed by atoms with Crippen LogP contribution in [0.4, 0.5) is 0 Å². The minimum absolute atomic E-state index is 0.228. The summed E-state index contributed by atoms with van der Waals surface area (Å²) in [5.74, 6) is 0.228. The number of hydrogen-bond acceptors (Lipinski definition) is 3. The van der Waals surface area contributed by atoms with Gasteiger partial charge in [0.25, 0.3) is 0 Å². The first-order chi connectivity index (χ1) is 8.63. The maximum Gasteiger partial charge on any atom is 0.217 e. The van der Waals surface area contributed by atoms with E-state index in [9.17, 15) is 5.11 Å². The molecule has 0 spiro atoms. The van der Waals surface area contributed by atoms with Gasteiger partial charge in [-0.15, -0.1) is 0 Å². The van der Waals surface area contributed by atoms with Crippen LogP contribution in [0.1, 0.15) is 24.6 Å². The Bertz CT molecular complexity index is 522. The van der Waals surface area contributed by atoms with Crippen molar-refractivity contribution in [1.29, 1.82) is 0 Å². The monoisotopic (exact) mass is 262 g/mol. The first kappa shape index (κ1) is 13.0. The van der Waals surface area contributed by atoms with E-state index in [2.05, 4.69) is 24.7 Å². The lowest BCUT2D eigenvalue weighted by atomic mass is 10.1. The number of hydrogen-bond donors (Lipinski definition) is 2. The van der Waals surface area contributed by atoms with E-state index in [1.54, 1.807) is 4.68 Å². The molecule has 0 fully saturated rings. The molecular weight excluding hydrogens is 244 g/mol. The molecule has 18 heavy (non-hydrogen) atoms. The largest absolute Gasteiger partial charge is 0.493 e. The van der Waals surface area contributed by atoms with Gasteiger partial charge in [-0.05, 0) is 31.9 Å². The second kappa shape index (κ2) is 5.48. The van der Waals surface area contributed by atoms with Gasteiger partial charge in [0.1, 0.15) is 0 Å². The highest BCUT2D eigenvalue weighted by atomic mass is 32.1. The van der Waals surface area contributed by atoms with Crippen molar-refractivity contribution >= 4 is 12.6 Å². The van der Waals surface area contributed by atoms with Crippen LogP contribution < -0.4 is 0 Å². The molecule has 0 saturated carbocycles. The van der Waals surface area contributed by atoms with Crippen LogP contribution in [0.15, 0.2) is 30.3 Å². The van der Waals surface area contributed by atoms with Crippen molar-refractivity contribution in [2.24, 2.45) is 0 Å². The molecule has 1 unspecified atom stereocenters. The standard InChI is InChI=1S/C14H18N2OS/c1-3-12(18)9-13-10(2)15-16(14(13)17)11-7-5-4-6-8-11/h4-8,12,17-18H,3,9H2,1-2H3. The summed E-state index contributed by atoms with van der Waals surface area (Å²) in [6, 6.07) is 9.65. The van der Waals surface area contributed by atoms with E-state index in [4.69, 9.17) is 0 Å². The molecule has 4 heteroatoms. The van der Waals surface area contributed by atoms with Gasteiger partial charge in [0.2, 0.25) is 5.88 Å². The van der Waals surface area contributed by atoms with Crippen molar-refractivity contribution in [2.45, 2.75) is 31.9 Å². The van der Waals surface area contributed by atoms with Gasteiger partial charge in [0, 0.05) is 10.8 Å². The highest BCUT2D eigenvalue weighted by Gasteiger charge is 2.17. The van der Waals surface area contributed by atoms with Crippen LogP contribution in [0.3, 0.4) is 0 Å². The van der Waals surface area contributed by atoms with Crippen molar-refractivity contribution in [2.75, 3.05) is 0 Å². The van der Waals surface area contributed by atoms with Crippen molar-refractivity contribution in [3.8, 4) is 11.6 Å². The molecule has 0 aliphatic rings. The van der Waals surface area contributed by atoms with Crippen LogP contribution in [0.2, 0.25) is 0 Å². The predicted molar refractivity (Wildman–Crippen MR) is 76.7 cm³/mol. The number of nitrogens with zero attached hydrogens (tertiary/aromatic N) is 2.